The number of hydrogen-bond acceptors (Lipinski definition) is 2. The second kappa shape index (κ2) is 6.12. The van der Waals surface area contributed by atoms with Gasteiger partial charge < -0.3 is 10.0 Å². The lowest BCUT2D eigenvalue weighted by molar-refractivity contribution is 0.426. The van der Waals surface area contributed by atoms with Crippen LogP contribution in [0.3, 0.4) is 0 Å². The van der Waals surface area contributed by atoms with Crippen molar-refractivity contribution in [3.63, 3.8) is 0 Å². The Bertz CT molecular complexity index is 688. The summed E-state index contributed by atoms with van der Waals surface area (Å²) in [6, 6.07) is 15.7. The lowest BCUT2D eigenvalue weighted by Crippen LogP contribution is -2.31. The van der Waals surface area contributed by atoms with E-state index >= 15 is 0 Å². The minimum atomic E-state index is -1.46. The molecule has 0 spiro atoms. The molecule has 1 aliphatic carbocycles. The van der Waals surface area contributed by atoms with Crippen molar-refractivity contribution in [1.29, 1.82) is 0 Å². The number of benzene rings is 2. The Hall–Kier alpha value is -2.10. The monoisotopic (exact) mass is 276 g/mol. The van der Waals surface area contributed by atoms with Crippen molar-refractivity contribution in [3.05, 3.63) is 72.3 Å². The minimum Gasteiger partial charge on any atom is -0.423 e. The molecule has 2 aromatic carbocycles. The average molecular weight is 276 g/mol. The highest BCUT2D eigenvalue weighted by molar-refractivity contribution is 6.60. The number of rotatable bonds is 3. The molecule has 1 aliphatic rings. The van der Waals surface area contributed by atoms with Gasteiger partial charge in [-0.25, -0.2) is 0 Å². The molecule has 21 heavy (non-hydrogen) atoms. The van der Waals surface area contributed by atoms with Crippen molar-refractivity contribution in [2.24, 2.45) is 0 Å². The third-order valence-electron chi connectivity index (χ3n) is 3.80. The predicted molar refractivity (Wildman–Crippen MR) is 88.1 cm³/mol. The van der Waals surface area contributed by atoms with E-state index in [9.17, 15) is 10.0 Å². The van der Waals surface area contributed by atoms with E-state index in [0.29, 0.717) is 5.46 Å². The SMILES string of the molecule is OB(O)c1ccc(C2=CC=CCC2)cc1-c1ccccc1. The predicted octanol–water partition coefficient (Wildman–Crippen LogP) is 2.77. The van der Waals surface area contributed by atoms with Gasteiger partial charge in [0.05, 0.1) is 0 Å². The number of allylic oxidation sites excluding steroid dienone is 4. The van der Waals surface area contributed by atoms with E-state index in [-0.39, 0.29) is 0 Å². The van der Waals surface area contributed by atoms with Crippen LogP contribution in [-0.4, -0.2) is 17.2 Å². The fourth-order valence-electron chi connectivity index (χ4n) is 2.69. The highest BCUT2D eigenvalue weighted by Crippen LogP contribution is 2.27. The average Bonchev–Trinajstić information content (AvgIpc) is 2.56. The Morgan fingerprint density at radius 3 is 2.38 bits per heavy atom. The quantitative estimate of drug-likeness (QED) is 0.846. The molecule has 3 heteroatoms. The lowest BCUT2D eigenvalue weighted by Gasteiger charge is -2.14. The molecule has 0 saturated carbocycles. The van der Waals surface area contributed by atoms with E-state index in [1.807, 2.05) is 42.5 Å². The molecular formula is C18H17BO2. The van der Waals surface area contributed by atoms with Crippen LogP contribution in [0.4, 0.5) is 0 Å². The molecule has 0 aliphatic heterocycles. The first kappa shape index (κ1) is 13.9. The Morgan fingerprint density at radius 2 is 1.71 bits per heavy atom. The van der Waals surface area contributed by atoms with Crippen LogP contribution >= 0.6 is 0 Å². The third-order valence-corrected chi connectivity index (χ3v) is 3.80. The molecule has 2 nitrogen and oxygen atoms in total. The van der Waals surface area contributed by atoms with Gasteiger partial charge in [-0.3, -0.25) is 0 Å². The van der Waals surface area contributed by atoms with Crippen LogP contribution in [0.2, 0.25) is 0 Å². The van der Waals surface area contributed by atoms with Crippen molar-refractivity contribution in [3.8, 4) is 11.1 Å². The third kappa shape index (κ3) is 2.99. The fraction of sp³-hybridized carbons (Fsp3) is 0.111. The van der Waals surface area contributed by atoms with E-state index in [2.05, 4.69) is 24.3 Å². The Balaban J connectivity index is 2.11. The molecule has 0 amide bonds. The summed E-state index contributed by atoms with van der Waals surface area (Å²) >= 11 is 0. The molecule has 0 atom stereocenters. The molecule has 2 aromatic rings. The van der Waals surface area contributed by atoms with Gasteiger partial charge in [0.15, 0.2) is 0 Å². The maximum absolute atomic E-state index is 9.60. The first-order chi connectivity index (χ1) is 10.3. The van der Waals surface area contributed by atoms with Gasteiger partial charge in [-0.2, -0.15) is 0 Å². The zero-order chi connectivity index (χ0) is 14.7. The van der Waals surface area contributed by atoms with Gasteiger partial charge >= 0.3 is 7.12 Å². The van der Waals surface area contributed by atoms with Crippen LogP contribution in [0.1, 0.15) is 18.4 Å². The van der Waals surface area contributed by atoms with Gasteiger partial charge in [0.1, 0.15) is 0 Å². The van der Waals surface area contributed by atoms with Crippen molar-refractivity contribution < 1.29 is 10.0 Å². The smallest absolute Gasteiger partial charge is 0.423 e. The Kier molecular flexibility index (Phi) is 4.04. The molecule has 2 N–H and O–H groups in total. The van der Waals surface area contributed by atoms with Gasteiger partial charge in [-0.15, -0.1) is 0 Å². The molecule has 0 heterocycles. The lowest BCUT2D eigenvalue weighted by atomic mass is 9.74. The summed E-state index contributed by atoms with van der Waals surface area (Å²) in [5.74, 6) is 0. The minimum absolute atomic E-state index is 0.539. The van der Waals surface area contributed by atoms with Crippen molar-refractivity contribution in [2.75, 3.05) is 0 Å². The number of hydrogen-bond donors (Lipinski definition) is 2. The first-order valence-electron chi connectivity index (χ1n) is 7.17. The van der Waals surface area contributed by atoms with Gasteiger partial charge in [0.2, 0.25) is 0 Å². The van der Waals surface area contributed by atoms with Crippen LogP contribution in [0.5, 0.6) is 0 Å². The Morgan fingerprint density at radius 1 is 0.905 bits per heavy atom. The van der Waals surface area contributed by atoms with Crippen LogP contribution < -0.4 is 5.46 Å². The first-order valence-corrected chi connectivity index (χ1v) is 7.17. The molecular weight excluding hydrogens is 259 g/mol. The molecule has 0 radical (unpaired) electrons. The summed E-state index contributed by atoms with van der Waals surface area (Å²) in [6.45, 7) is 0. The van der Waals surface area contributed by atoms with E-state index in [4.69, 9.17) is 0 Å². The Labute approximate surface area is 125 Å². The molecule has 0 saturated heterocycles. The zero-order valence-electron chi connectivity index (χ0n) is 11.7. The van der Waals surface area contributed by atoms with Gasteiger partial charge in [0, 0.05) is 0 Å². The summed E-state index contributed by atoms with van der Waals surface area (Å²) in [6.07, 6.45) is 8.44. The van der Waals surface area contributed by atoms with Crippen LogP contribution in [-0.2, 0) is 0 Å². The normalized spacial score (nSPS) is 13.9. The largest absolute Gasteiger partial charge is 0.489 e. The fourth-order valence-corrected chi connectivity index (χ4v) is 2.69. The highest BCUT2D eigenvalue weighted by Gasteiger charge is 2.18. The summed E-state index contributed by atoms with van der Waals surface area (Å²) in [7, 11) is -1.46. The maximum Gasteiger partial charge on any atom is 0.489 e. The van der Waals surface area contributed by atoms with Gasteiger partial charge in [-0.1, -0.05) is 60.7 Å². The zero-order valence-corrected chi connectivity index (χ0v) is 11.7. The summed E-state index contributed by atoms with van der Waals surface area (Å²) in [5.41, 5.74) is 4.83. The van der Waals surface area contributed by atoms with E-state index < -0.39 is 7.12 Å². The van der Waals surface area contributed by atoms with E-state index in [1.165, 1.54) is 5.57 Å². The summed E-state index contributed by atoms with van der Waals surface area (Å²) in [4.78, 5) is 0. The van der Waals surface area contributed by atoms with E-state index in [1.54, 1.807) is 0 Å². The molecule has 0 aromatic heterocycles. The molecule has 3 rings (SSSR count). The van der Waals surface area contributed by atoms with Crippen LogP contribution in [0, 0.1) is 0 Å². The topological polar surface area (TPSA) is 40.5 Å². The van der Waals surface area contributed by atoms with E-state index in [0.717, 1.165) is 29.5 Å². The summed E-state index contributed by atoms with van der Waals surface area (Å²) < 4.78 is 0. The molecule has 0 unspecified atom stereocenters. The van der Waals surface area contributed by atoms with Crippen molar-refractivity contribution in [1.82, 2.24) is 0 Å². The van der Waals surface area contributed by atoms with Crippen molar-refractivity contribution in [2.45, 2.75) is 12.8 Å². The maximum atomic E-state index is 9.60. The van der Waals surface area contributed by atoms with Gasteiger partial charge in [0.25, 0.3) is 0 Å². The second-order valence-electron chi connectivity index (χ2n) is 5.20. The standard InChI is InChI=1S/C18H17BO2/c20-19(21)18-12-11-16(14-7-3-1-4-8-14)13-17(18)15-9-5-2-6-10-15/h1-3,5-7,9-13,20-21H,4,8H2. The van der Waals surface area contributed by atoms with Crippen LogP contribution in [0.15, 0.2) is 66.8 Å². The molecule has 0 bridgehead atoms. The highest BCUT2D eigenvalue weighted by atomic mass is 16.4. The van der Waals surface area contributed by atoms with Crippen molar-refractivity contribution >= 4 is 18.2 Å². The molecule has 104 valence electrons. The summed E-state index contributed by atoms with van der Waals surface area (Å²) in [5, 5.41) is 19.2. The molecule has 0 fully saturated rings. The second-order valence-corrected chi connectivity index (χ2v) is 5.20. The van der Waals surface area contributed by atoms with Crippen LogP contribution in [0.25, 0.3) is 16.7 Å². The van der Waals surface area contributed by atoms with Gasteiger partial charge in [-0.05, 0) is 46.6 Å².